The van der Waals surface area contributed by atoms with Crippen molar-refractivity contribution in [1.29, 1.82) is 0 Å². The Hall–Kier alpha value is -1.31. The van der Waals surface area contributed by atoms with Crippen molar-refractivity contribution in [2.45, 2.75) is 11.3 Å². The number of primary sulfonamides is 1. The number of nitrogens with two attached hydrogens (primary N) is 2. The molecule has 0 radical (unpaired) electrons. The summed E-state index contributed by atoms with van der Waals surface area (Å²) in [7, 11) is -2.11. The molecule has 0 aromatic heterocycles. The molecule has 0 unspecified atom stereocenters. The molecular weight excluding hydrogens is 242 g/mol. The van der Waals surface area contributed by atoms with Crippen molar-refractivity contribution in [1.82, 2.24) is 0 Å². The van der Waals surface area contributed by atoms with Crippen LogP contribution in [0.3, 0.4) is 0 Å². The molecular formula is C10H17N3O3S. The van der Waals surface area contributed by atoms with Crippen LogP contribution in [0.4, 0.5) is 11.4 Å². The molecule has 0 aliphatic heterocycles. The number of methoxy groups -OCH3 is 1. The molecule has 0 bridgehead atoms. The van der Waals surface area contributed by atoms with Gasteiger partial charge in [0.1, 0.15) is 4.90 Å². The van der Waals surface area contributed by atoms with E-state index in [1.165, 1.54) is 6.07 Å². The largest absolute Gasteiger partial charge is 0.398 e. The fourth-order valence-electron chi connectivity index (χ4n) is 1.37. The van der Waals surface area contributed by atoms with E-state index in [1.807, 2.05) is 0 Å². The second-order valence-corrected chi connectivity index (χ2v) is 5.10. The van der Waals surface area contributed by atoms with Crippen LogP contribution in [0.25, 0.3) is 0 Å². The van der Waals surface area contributed by atoms with E-state index in [4.69, 9.17) is 15.6 Å². The van der Waals surface area contributed by atoms with Crippen LogP contribution in [0.15, 0.2) is 23.1 Å². The number of anilines is 2. The number of benzene rings is 1. The van der Waals surface area contributed by atoms with Gasteiger partial charge in [0.25, 0.3) is 0 Å². The Kier molecular flexibility index (Phi) is 4.73. The molecule has 0 aliphatic carbocycles. The summed E-state index contributed by atoms with van der Waals surface area (Å²) < 4.78 is 27.2. The molecule has 0 aliphatic rings. The molecule has 7 heteroatoms. The normalized spacial score (nSPS) is 11.4. The van der Waals surface area contributed by atoms with E-state index in [0.29, 0.717) is 6.61 Å². The predicted octanol–water partition coefficient (Wildman–Crippen LogP) is 0.365. The van der Waals surface area contributed by atoms with E-state index in [-0.39, 0.29) is 10.6 Å². The Morgan fingerprint density at radius 3 is 2.65 bits per heavy atom. The molecule has 1 rings (SSSR count). The maximum atomic E-state index is 11.1. The van der Waals surface area contributed by atoms with Crippen molar-refractivity contribution < 1.29 is 13.2 Å². The van der Waals surface area contributed by atoms with Gasteiger partial charge in [0.2, 0.25) is 10.0 Å². The van der Waals surface area contributed by atoms with Crippen LogP contribution in [0.1, 0.15) is 6.42 Å². The molecule has 0 atom stereocenters. The molecule has 0 saturated heterocycles. The van der Waals surface area contributed by atoms with Crippen molar-refractivity contribution in [3.05, 3.63) is 18.2 Å². The van der Waals surface area contributed by atoms with Gasteiger partial charge in [-0.1, -0.05) is 0 Å². The molecule has 1 aromatic rings. The van der Waals surface area contributed by atoms with Gasteiger partial charge >= 0.3 is 0 Å². The highest BCUT2D eigenvalue weighted by Crippen LogP contribution is 2.21. The number of nitrogen functional groups attached to an aromatic ring is 1. The number of hydrogen-bond donors (Lipinski definition) is 3. The van der Waals surface area contributed by atoms with E-state index in [2.05, 4.69) is 5.32 Å². The Labute approximate surface area is 101 Å². The quantitative estimate of drug-likeness (QED) is 0.505. The zero-order valence-corrected chi connectivity index (χ0v) is 10.5. The molecule has 17 heavy (non-hydrogen) atoms. The minimum atomic E-state index is -3.75. The molecule has 1 aromatic carbocycles. The first-order chi connectivity index (χ1) is 7.95. The summed E-state index contributed by atoms with van der Waals surface area (Å²) in [5, 5.41) is 8.11. The van der Waals surface area contributed by atoms with E-state index < -0.39 is 10.0 Å². The number of sulfonamides is 1. The van der Waals surface area contributed by atoms with Crippen molar-refractivity contribution in [2.75, 3.05) is 31.3 Å². The average Bonchev–Trinajstić information content (AvgIpc) is 2.23. The Bertz CT molecular complexity index is 474. The van der Waals surface area contributed by atoms with Gasteiger partial charge in [0.05, 0.1) is 5.69 Å². The Balaban J connectivity index is 2.70. The second kappa shape index (κ2) is 5.85. The highest BCUT2D eigenvalue weighted by molar-refractivity contribution is 7.89. The Morgan fingerprint density at radius 2 is 2.12 bits per heavy atom. The van der Waals surface area contributed by atoms with Crippen LogP contribution in [0.2, 0.25) is 0 Å². The Morgan fingerprint density at radius 1 is 1.41 bits per heavy atom. The molecule has 0 amide bonds. The lowest BCUT2D eigenvalue weighted by Gasteiger charge is -2.09. The summed E-state index contributed by atoms with van der Waals surface area (Å²) in [5.41, 5.74) is 6.51. The molecule has 0 heterocycles. The van der Waals surface area contributed by atoms with E-state index >= 15 is 0 Å². The summed E-state index contributed by atoms with van der Waals surface area (Å²) in [6, 6.07) is 4.57. The van der Waals surface area contributed by atoms with Gasteiger partial charge < -0.3 is 15.8 Å². The first kappa shape index (κ1) is 13.8. The zero-order valence-electron chi connectivity index (χ0n) is 9.64. The monoisotopic (exact) mass is 259 g/mol. The minimum Gasteiger partial charge on any atom is -0.398 e. The fourth-order valence-corrected chi connectivity index (χ4v) is 2.01. The van der Waals surface area contributed by atoms with Gasteiger partial charge in [0.15, 0.2) is 0 Å². The van der Waals surface area contributed by atoms with Gasteiger partial charge in [-0.3, -0.25) is 0 Å². The lowest BCUT2D eigenvalue weighted by atomic mass is 10.2. The maximum absolute atomic E-state index is 11.1. The van der Waals surface area contributed by atoms with Crippen molar-refractivity contribution >= 4 is 21.4 Å². The molecule has 6 nitrogen and oxygen atoms in total. The number of hydrogen-bond acceptors (Lipinski definition) is 5. The van der Waals surface area contributed by atoms with Crippen LogP contribution in [-0.2, 0) is 14.8 Å². The van der Waals surface area contributed by atoms with Crippen molar-refractivity contribution in [2.24, 2.45) is 5.14 Å². The van der Waals surface area contributed by atoms with E-state index in [1.54, 1.807) is 19.2 Å². The van der Waals surface area contributed by atoms with Crippen LogP contribution >= 0.6 is 0 Å². The van der Waals surface area contributed by atoms with Gasteiger partial charge in [-0.2, -0.15) is 0 Å². The number of ether oxygens (including phenoxy) is 1. The third kappa shape index (κ3) is 4.22. The zero-order chi connectivity index (χ0) is 12.9. The smallest absolute Gasteiger partial charge is 0.240 e. The molecule has 96 valence electrons. The van der Waals surface area contributed by atoms with Crippen molar-refractivity contribution in [3.8, 4) is 0 Å². The third-order valence-electron chi connectivity index (χ3n) is 2.17. The molecule has 0 spiro atoms. The third-order valence-corrected chi connectivity index (χ3v) is 3.16. The summed E-state index contributed by atoms with van der Waals surface area (Å²) in [4.78, 5) is -0.0556. The minimum absolute atomic E-state index is 0.0556. The lowest BCUT2D eigenvalue weighted by Crippen LogP contribution is -2.14. The summed E-state index contributed by atoms with van der Waals surface area (Å²) >= 11 is 0. The summed E-state index contributed by atoms with van der Waals surface area (Å²) in [6.45, 7) is 1.39. The standard InChI is InChI=1S/C10H17N3O3S/c1-16-6-2-5-13-8-3-4-10(9(11)7-8)17(12,14)15/h3-4,7,13H,2,5-6,11H2,1H3,(H2,12,14,15). The first-order valence-electron chi connectivity index (χ1n) is 5.10. The maximum Gasteiger partial charge on any atom is 0.240 e. The lowest BCUT2D eigenvalue weighted by molar-refractivity contribution is 0.198. The van der Waals surface area contributed by atoms with Gasteiger partial charge in [0, 0.05) is 25.9 Å². The first-order valence-corrected chi connectivity index (χ1v) is 6.65. The SMILES string of the molecule is COCCCNc1ccc(S(N)(=O)=O)c(N)c1. The summed E-state index contributed by atoms with van der Waals surface area (Å²) in [5.74, 6) is 0. The highest BCUT2D eigenvalue weighted by atomic mass is 32.2. The topological polar surface area (TPSA) is 107 Å². The molecule has 0 fully saturated rings. The van der Waals surface area contributed by atoms with Gasteiger partial charge in [-0.25, -0.2) is 13.6 Å². The van der Waals surface area contributed by atoms with Gasteiger partial charge in [-0.15, -0.1) is 0 Å². The summed E-state index contributed by atoms with van der Waals surface area (Å²) in [6.07, 6.45) is 0.855. The van der Waals surface area contributed by atoms with Crippen molar-refractivity contribution in [3.63, 3.8) is 0 Å². The second-order valence-electron chi connectivity index (χ2n) is 3.57. The fraction of sp³-hybridized carbons (Fsp3) is 0.400. The molecule has 0 saturated carbocycles. The van der Waals surface area contributed by atoms with Crippen LogP contribution in [0.5, 0.6) is 0 Å². The van der Waals surface area contributed by atoms with Crippen LogP contribution in [-0.4, -0.2) is 28.7 Å². The predicted molar refractivity (Wildman–Crippen MR) is 67.2 cm³/mol. The van der Waals surface area contributed by atoms with Crippen LogP contribution < -0.4 is 16.2 Å². The van der Waals surface area contributed by atoms with Gasteiger partial charge in [-0.05, 0) is 24.6 Å². The molecule has 5 N–H and O–H groups in total. The van der Waals surface area contributed by atoms with Crippen LogP contribution in [0, 0.1) is 0 Å². The highest BCUT2D eigenvalue weighted by Gasteiger charge is 2.11. The number of nitrogens with one attached hydrogen (secondary N) is 1. The number of rotatable bonds is 6. The van der Waals surface area contributed by atoms with E-state index in [0.717, 1.165) is 18.7 Å². The average molecular weight is 259 g/mol. The van der Waals surface area contributed by atoms with E-state index in [9.17, 15) is 8.42 Å².